The molecule has 0 unspecified atom stereocenters. The Balaban J connectivity index is 2.27. The van der Waals surface area contributed by atoms with Crippen LogP contribution in [-0.2, 0) is 4.43 Å². The summed E-state index contributed by atoms with van der Waals surface area (Å²) in [7, 11) is 0.856. The predicted octanol–water partition coefficient (Wildman–Crippen LogP) is 0.0256. The molecule has 0 aromatic carbocycles. The molecule has 2 heteroatoms. The first-order chi connectivity index (χ1) is 3.93. The summed E-state index contributed by atoms with van der Waals surface area (Å²) in [5.74, 6) is 0.562. The summed E-state index contributed by atoms with van der Waals surface area (Å²) in [6.45, 7) is 0.874. The normalized spacial score (nSPS) is 18.5. The number of hydrogen-bond donors (Lipinski definition) is 0. The van der Waals surface area contributed by atoms with Crippen LogP contribution in [0.5, 0.6) is 0 Å². The van der Waals surface area contributed by atoms with E-state index in [0.717, 1.165) is 17.1 Å². The van der Waals surface area contributed by atoms with E-state index in [-0.39, 0.29) is 0 Å². The standard InChI is InChI=1S/C6H10OSi/c8-7-5-6-3-1-2-4-6/h1-4,6H,5H2,8H3. The summed E-state index contributed by atoms with van der Waals surface area (Å²) < 4.78 is 5.06. The van der Waals surface area contributed by atoms with Crippen LogP contribution in [0.2, 0.25) is 0 Å². The second-order valence-electron chi connectivity index (χ2n) is 1.89. The minimum Gasteiger partial charge on any atom is -0.427 e. The molecule has 0 aromatic heterocycles. The van der Waals surface area contributed by atoms with E-state index in [1.54, 1.807) is 0 Å². The second kappa shape index (κ2) is 2.84. The summed E-state index contributed by atoms with van der Waals surface area (Å²) in [5, 5.41) is 0. The van der Waals surface area contributed by atoms with E-state index in [2.05, 4.69) is 24.3 Å². The quantitative estimate of drug-likeness (QED) is 0.474. The Morgan fingerprint density at radius 3 is 2.50 bits per heavy atom. The average molecular weight is 126 g/mol. The fourth-order valence-corrected chi connectivity index (χ4v) is 1.17. The molecule has 0 N–H and O–H groups in total. The van der Waals surface area contributed by atoms with Crippen molar-refractivity contribution in [2.75, 3.05) is 6.61 Å². The van der Waals surface area contributed by atoms with Crippen LogP contribution < -0.4 is 0 Å². The Morgan fingerprint density at radius 2 is 2.00 bits per heavy atom. The van der Waals surface area contributed by atoms with Gasteiger partial charge in [-0.2, -0.15) is 0 Å². The highest BCUT2D eigenvalue weighted by atomic mass is 28.2. The molecule has 1 rings (SSSR count). The van der Waals surface area contributed by atoms with Crippen molar-refractivity contribution in [2.45, 2.75) is 0 Å². The minimum atomic E-state index is 0.562. The van der Waals surface area contributed by atoms with Crippen molar-refractivity contribution in [3.8, 4) is 0 Å². The molecule has 0 bridgehead atoms. The Hall–Kier alpha value is -0.343. The van der Waals surface area contributed by atoms with Gasteiger partial charge in [0.1, 0.15) is 10.5 Å². The van der Waals surface area contributed by atoms with Crippen molar-refractivity contribution in [3.63, 3.8) is 0 Å². The smallest absolute Gasteiger partial charge is 0.146 e. The van der Waals surface area contributed by atoms with E-state index < -0.39 is 0 Å². The maximum atomic E-state index is 5.06. The molecule has 0 amide bonds. The summed E-state index contributed by atoms with van der Waals surface area (Å²) in [6, 6.07) is 0. The lowest BCUT2D eigenvalue weighted by Crippen LogP contribution is -1.99. The zero-order valence-corrected chi connectivity index (χ0v) is 7.00. The fourth-order valence-electron chi connectivity index (χ4n) is 0.781. The highest BCUT2D eigenvalue weighted by molar-refractivity contribution is 5.97. The lowest BCUT2D eigenvalue weighted by Gasteiger charge is -2.00. The zero-order valence-electron chi connectivity index (χ0n) is 5.00. The molecule has 1 aliphatic carbocycles. The first kappa shape index (κ1) is 5.79. The molecule has 8 heavy (non-hydrogen) atoms. The molecule has 0 radical (unpaired) electrons. The Kier molecular flexibility index (Phi) is 2.06. The largest absolute Gasteiger partial charge is 0.427 e. The Bertz CT molecular complexity index is 106. The third kappa shape index (κ3) is 1.32. The first-order valence-electron chi connectivity index (χ1n) is 2.77. The Labute approximate surface area is 52.6 Å². The van der Waals surface area contributed by atoms with E-state index in [1.807, 2.05) is 0 Å². The van der Waals surface area contributed by atoms with Gasteiger partial charge < -0.3 is 4.43 Å². The molecule has 0 saturated heterocycles. The van der Waals surface area contributed by atoms with Crippen LogP contribution in [0.15, 0.2) is 24.3 Å². The van der Waals surface area contributed by atoms with Crippen molar-refractivity contribution in [2.24, 2.45) is 5.92 Å². The molecule has 44 valence electrons. The van der Waals surface area contributed by atoms with Gasteiger partial charge in [0.15, 0.2) is 0 Å². The molecule has 0 spiro atoms. The van der Waals surface area contributed by atoms with Gasteiger partial charge in [-0.3, -0.25) is 0 Å². The maximum Gasteiger partial charge on any atom is 0.146 e. The minimum absolute atomic E-state index is 0.562. The fraction of sp³-hybridized carbons (Fsp3) is 0.333. The lowest BCUT2D eigenvalue weighted by atomic mass is 10.2. The SMILES string of the molecule is [SiH3]OCC1C=CC=C1. The molecular weight excluding hydrogens is 116 g/mol. The summed E-state index contributed by atoms with van der Waals surface area (Å²) in [4.78, 5) is 0. The zero-order chi connectivity index (χ0) is 5.82. The van der Waals surface area contributed by atoms with Gasteiger partial charge in [0.2, 0.25) is 0 Å². The molecule has 0 aliphatic heterocycles. The maximum absolute atomic E-state index is 5.06. The number of rotatable bonds is 2. The van der Waals surface area contributed by atoms with Crippen LogP contribution in [0, 0.1) is 5.92 Å². The van der Waals surface area contributed by atoms with Gasteiger partial charge in [0.25, 0.3) is 0 Å². The summed E-state index contributed by atoms with van der Waals surface area (Å²) in [5.41, 5.74) is 0. The van der Waals surface area contributed by atoms with Crippen LogP contribution in [0.25, 0.3) is 0 Å². The van der Waals surface area contributed by atoms with Gasteiger partial charge in [-0.05, 0) is 0 Å². The summed E-state index contributed by atoms with van der Waals surface area (Å²) in [6.07, 6.45) is 8.42. The van der Waals surface area contributed by atoms with Gasteiger partial charge >= 0.3 is 0 Å². The molecule has 0 heterocycles. The topological polar surface area (TPSA) is 9.23 Å². The number of hydrogen-bond acceptors (Lipinski definition) is 1. The van der Waals surface area contributed by atoms with Crippen molar-refractivity contribution in [1.29, 1.82) is 0 Å². The molecule has 1 aliphatic rings. The monoisotopic (exact) mass is 126 g/mol. The van der Waals surface area contributed by atoms with Crippen molar-refractivity contribution < 1.29 is 4.43 Å². The third-order valence-corrected chi connectivity index (χ3v) is 1.52. The molecule has 0 saturated carbocycles. The molecule has 0 aromatic rings. The third-order valence-electron chi connectivity index (χ3n) is 1.19. The first-order valence-corrected chi connectivity index (χ1v) is 3.59. The highest BCUT2D eigenvalue weighted by Gasteiger charge is 1.99. The van der Waals surface area contributed by atoms with Gasteiger partial charge in [0, 0.05) is 12.5 Å². The molecular formula is C6H10OSi. The Morgan fingerprint density at radius 1 is 1.38 bits per heavy atom. The summed E-state index contributed by atoms with van der Waals surface area (Å²) >= 11 is 0. The van der Waals surface area contributed by atoms with E-state index in [1.165, 1.54) is 0 Å². The van der Waals surface area contributed by atoms with Crippen LogP contribution in [-0.4, -0.2) is 17.1 Å². The van der Waals surface area contributed by atoms with Gasteiger partial charge in [-0.15, -0.1) is 0 Å². The van der Waals surface area contributed by atoms with E-state index in [0.29, 0.717) is 5.92 Å². The van der Waals surface area contributed by atoms with E-state index >= 15 is 0 Å². The average Bonchev–Trinajstić information content (AvgIpc) is 2.19. The molecule has 0 fully saturated rings. The van der Waals surface area contributed by atoms with E-state index in [9.17, 15) is 0 Å². The van der Waals surface area contributed by atoms with Crippen LogP contribution >= 0.6 is 0 Å². The van der Waals surface area contributed by atoms with Gasteiger partial charge in [-0.25, -0.2) is 0 Å². The van der Waals surface area contributed by atoms with Crippen LogP contribution in [0.1, 0.15) is 0 Å². The molecule has 0 atom stereocenters. The highest BCUT2D eigenvalue weighted by Crippen LogP contribution is 2.07. The van der Waals surface area contributed by atoms with Crippen molar-refractivity contribution >= 4 is 10.5 Å². The van der Waals surface area contributed by atoms with E-state index in [4.69, 9.17) is 4.43 Å². The predicted molar refractivity (Wildman–Crippen MR) is 37.7 cm³/mol. The van der Waals surface area contributed by atoms with Crippen molar-refractivity contribution in [3.05, 3.63) is 24.3 Å². The van der Waals surface area contributed by atoms with Gasteiger partial charge in [0.05, 0.1) is 0 Å². The van der Waals surface area contributed by atoms with Gasteiger partial charge in [-0.1, -0.05) is 24.3 Å². The number of allylic oxidation sites excluding steroid dienone is 2. The van der Waals surface area contributed by atoms with Crippen molar-refractivity contribution in [1.82, 2.24) is 0 Å². The van der Waals surface area contributed by atoms with Crippen LogP contribution in [0.3, 0.4) is 0 Å². The van der Waals surface area contributed by atoms with Crippen LogP contribution in [0.4, 0.5) is 0 Å². The second-order valence-corrected chi connectivity index (χ2v) is 2.47. The molecule has 1 nitrogen and oxygen atoms in total. The lowest BCUT2D eigenvalue weighted by molar-refractivity contribution is 0.326.